The summed E-state index contributed by atoms with van der Waals surface area (Å²) in [5.41, 5.74) is 5.88. The Morgan fingerprint density at radius 3 is 2.40 bits per heavy atom. The van der Waals surface area contributed by atoms with Crippen molar-refractivity contribution in [2.24, 2.45) is 11.7 Å². The summed E-state index contributed by atoms with van der Waals surface area (Å²) in [5, 5.41) is 2.94. The maximum atomic E-state index is 13.9. The van der Waals surface area contributed by atoms with Crippen molar-refractivity contribution >= 4 is 21.4 Å². The van der Waals surface area contributed by atoms with Crippen LogP contribution in [0.15, 0.2) is 47.0 Å². The Bertz CT molecular complexity index is 1570. The molecule has 2 atom stereocenters. The summed E-state index contributed by atoms with van der Waals surface area (Å²) in [7, 11) is -3.04. The van der Waals surface area contributed by atoms with E-state index in [4.69, 9.17) is 10.2 Å². The van der Waals surface area contributed by atoms with Crippen molar-refractivity contribution in [2.75, 3.05) is 29.5 Å². The molecule has 3 aliphatic rings. The zero-order valence-electron chi connectivity index (χ0n) is 22.9. The van der Waals surface area contributed by atoms with Gasteiger partial charge in [0.25, 0.3) is 0 Å². The minimum Gasteiger partial charge on any atom is -0.439 e. The molecular weight excluding hydrogens is 571 g/mol. The summed E-state index contributed by atoms with van der Waals surface area (Å²) in [6, 6.07) is 9.41. The molecule has 13 heteroatoms. The summed E-state index contributed by atoms with van der Waals surface area (Å²) in [4.78, 5) is 23.9. The van der Waals surface area contributed by atoms with E-state index in [1.165, 1.54) is 12.3 Å². The van der Waals surface area contributed by atoms with Crippen molar-refractivity contribution in [2.45, 2.75) is 56.3 Å². The van der Waals surface area contributed by atoms with E-state index >= 15 is 0 Å². The minimum absolute atomic E-state index is 0.0758. The van der Waals surface area contributed by atoms with Crippen LogP contribution in [-0.2, 0) is 20.8 Å². The van der Waals surface area contributed by atoms with Crippen LogP contribution < -0.4 is 16.0 Å². The number of nitrogens with two attached hydrogens (primary N) is 1. The van der Waals surface area contributed by atoms with Crippen LogP contribution in [0.4, 0.5) is 18.9 Å². The zero-order chi connectivity index (χ0) is 29.7. The highest BCUT2D eigenvalue weighted by atomic mass is 32.2. The van der Waals surface area contributed by atoms with Gasteiger partial charge in [0, 0.05) is 42.4 Å². The van der Waals surface area contributed by atoms with Crippen LogP contribution in [0.25, 0.3) is 22.8 Å². The van der Waals surface area contributed by atoms with Crippen molar-refractivity contribution < 1.29 is 30.8 Å². The lowest BCUT2D eigenvalue weighted by Crippen LogP contribution is -2.48. The molecule has 3 N–H and O–H groups in total. The van der Waals surface area contributed by atoms with Crippen LogP contribution in [0.3, 0.4) is 0 Å². The van der Waals surface area contributed by atoms with Crippen LogP contribution >= 0.6 is 0 Å². The molecule has 9 nitrogen and oxygen atoms in total. The lowest BCUT2D eigenvalue weighted by Gasteiger charge is -2.30. The van der Waals surface area contributed by atoms with Gasteiger partial charge in [-0.05, 0) is 49.9 Å². The van der Waals surface area contributed by atoms with Crippen LogP contribution in [0, 0.1) is 5.92 Å². The van der Waals surface area contributed by atoms with Crippen LogP contribution in [-0.4, -0.2) is 54.6 Å². The van der Waals surface area contributed by atoms with E-state index in [9.17, 15) is 26.4 Å². The monoisotopic (exact) mass is 603 g/mol. The number of halogens is 3. The van der Waals surface area contributed by atoms with E-state index in [0.29, 0.717) is 55.8 Å². The molecule has 0 radical (unpaired) electrons. The number of carbonyl (C=O) groups excluding carboxylic acids is 1. The van der Waals surface area contributed by atoms with Crippen LogP contribution in [0.5, 0.6) is 0 Å². The number of alkyl halides is 3. The Labute approximate surface area is 241 Å². The van der Waals surface area contributed by atoms with Crippen molar-refractivity contribution in [3.05, 3.63) is 53.9 Å². The van der Waals surface area contributed by atoms with E-state index in [0.717, 1.165) is 24.6 Å². The van der Waals surface area contributed by atoms with Gasteiger partial charge >= 0.3 is 6.18 Å². The van der Waals surface area contributed by atoms with Gasteiger partial charge in [-0.3, -0.25) is 9.78 Å². The van der Waals surface area contributed by atoms with Crippen molar-refractivity contribution in [3.8, 4) is 22.8 Å². The molecule has 0 spiro atoms. The van der Waals surface area contributed by atoms with Gasteiger partial charge in [0.05, 0.1) is 22.7 Å². The van der Waals surface area contributed by atoms with Gasteiger partial charge in [-0.2, -0.15) is 13.2 Å². The number of pyridine rings is 1. The molecule has 2 aromatic heterocycles. The number of amides is 1. The van der Waals surface area contributed by atoms with E-state index in [-0.39, 0.29) is 23.3 Å². The number of oxazole rings is 1. The molecule has 1 aliphatic heterocycles. The standard InChI is InChI=1S/C29H32F3N5O4S/c30-29(31,32)22-6-3-13-34-24(22)27-35-23(18-7-9-19(10-8-18)37-14-16-42(39,40)17-15-37)25(41-27)20-4-1-2-5-21(20)26(38)36-28(33)11-12-28/h3,6-10,13,20-21H,1-2,4-5,11-12,14-17,33H2,(H,36,38)/t20-,21-/m1/s1. The Morgan fingerprint density at radius 1 is 1.05 bits per heavy atom. The van der Waals surface area contributed by atoms with Gasteiger partial charge in [0.15, 0.2) is 9.84 Å². The Morgan fingerprint density at radius 2 is 1.74 bits per heavy atom. The molecular formula is C29H32F3N5O4S. The normalized spacial score (nSPS) is 23.4. The van der Waals surface area contributed by atoms with Crippen molar-refractivity contribution in [1.29, 1.82) is 0 Å². The van der Waals surface area contributed by atoms with Crippen LogP contribution in [0.2, 0.25) is 0 Å². The van der Waals surface area contributed by atoms with Gasteiger partial charge in [-0.25, -0.2) is 13.4 Å². The maximum Gasteiger partial charge on any atom is 0.418 e. The third kappa shape index (κ3) is 5.89. The first kappa shape index (κ1) is 28.7. The number of anilines is 1. The second-order valence-electron chi connectivity index (χ2n) is 11.5. The highest BCUT2D eigenvalue weighted by Crippen LogP contribution is 2.45. The summed E-state index contributed by atoms with van der Waals surface area (Å²) in [5.74, 6) is -0.837. The zero-order valence-corrected chi connectivity index (χ0v) is 23.7. The molecule has 0 unspecified atom stereocenters. The molecule has 3 aromatic rings. The predicted octanol–water partition coefficient (Wildman–Crippen LogP) is 4.50. The largest absolute Gasteiger partial charge is 0.439 e. The highest BCUT2D eigenvalue weighted by Gasteiger charge is 2.44. The molecule has 1 saturated heterocycles. The highest BCUT2D eigenvalue weighted by molar-refractivity contribution is 7.91. The molecule has 1 amide bonds. The number of hydrogen-bond donors (Lipinski definition) is 2. The Balaban J connectivity index is 1.40. The second-order valence-corrected chi connectivity index (χ2v) is 13.8. The molecule has 0 bridgehead atoms. The first-order valence-electron chi connectivity index (χ1n) is 14.1. The van der Waals surface area contributed by atoms with Gasteiger partial charge in [-0.15, -0.1) is 0 Å². The number of carbonyl (C=O) groups is 1. The fourth-order valence-electron chi connectivity index (χ4n) is 5.85. The number of nitrogens with zero attached hydrogens (tertiary/aromatic N) is 3. The average molecular weight is 604 g/mol. The average Bonchev–Trinajstić information content (AvgIpc) is 3.52. The van der Waals surface area contributed by atoms with Crippen LogP contribution in [0.1, 0.15) is 55.8 Å². The molecule has 3 heterocycles. The Hall–Kier alpha value is -3.45. The summed E-state index contributed by atoms with van der Waals surface area (Å²) in [6.45, 7) is 0.755. The summed E-state index contributed by atoms with van der Waals surface area (Å²) in [6.07, 6.45) is 0.838. The molecule has 42 heavy (non-hydrogen) atoms. The SMILES string of the molecule is NC1(NC(=O)[C@@H]2CCCC[C@H]2c2oc(-c3ncccc3C(F)(F)F)nc2-c2ccc(N3CCS(=O)(=O)CC3)cc2)CC1. The number of benzene rings is 1. The van der Waals surface area contributed by atoms with Gasteiger partial charge in [0.1, 0.15) is 17.1 Å². The number of nitrogens with one attached hydrogen (secondary N) is 1. The summed E-state index contributed by atoms with van der Waals surface area (Å²) < 4.78 is 71.6. The van der Waals surface area contributed by atoms with Crippen molar-refractivity contribution in [1.82, 2.24) is 15.3 Å². The topological polar surface area (TPSA) is 131 Å². The van der Waals surface area contributed by atoms with Gasteiger partial charge in [0.2, 0.25) is 11.8 Å². The van der Waals surface area contributed by atoms with Gasteiger partial charge in [-0.1, -0.05) is 25.0 Å². The summed E-state index contributed by atoms with van der Waals surface area (Å²) >= 11 is 0. The molecule has 224 valence electrons. The lowest BCUT2D eigenvalue weighted by atomic mass is 9.76. The molecule has 1 aromatic carbocycles. The smallest absolute Gasteiger partial charge is 0.418 e. The van der Waals surface area contributed by atoms with E-state index < -0.39 is 44.8 Å². The minimum atomic E-state index is -4.67. The quantitative estimate of drug-likeness (QED) is 0.394. The number of sulfone groups is 1. The number of rotatable bonds is 6. The Kier molecular flexibility index (Phi) is 7.28. The van der Waals surface area contributed by atoms with Gasteiger partial charge < -0.3 is 20.4 Å². The molecule has 2 aliphatic carbocycles. The molecule has 3 fully saturated rings. The first-order valence-corrected chi connectivity index (χ1v) is 15.9. The van der Waals surface area contributed by atoms with E-state index in [2.05, 4.69) is 15.3 Å². The number of aromatic nitrogens is 2. The molecule has 2 saturated carbocycles. The fraction of sp³-hybridized carbons (Fsp3) is 0.483. The number of hydrogen-bond acceptors (Lipinski definition) is 8. The molecule has 6 rings (SSSR count). The second kappa shape index (κ2) is 10.7. The van der Waals surface area contributed by atoms with E-state index in [1.54, 1.807) is 12.1 Å². The van der Waals surface area contributed by atoms with Crippen molar-refractivity contribution in [3.63, 3.8) is 0 Å². The third-order valence-electron chi connectivity index (χ3n) is 8.42. The maximum absolute atomic E-state index is 13.9. The predicted molar refractivity (Wildman–Crippen MR) is 150 cm³/mol. The fourth-order valence-corrected chi connectivity index (χ4v) is 7.05. The van der Waals surface area contributed by atoms with E-state index in [1.807, 2.05) is 17.0 Å². The first-order chi connectivity index (χ1) is 19.9. The third-order valence-corrected chi connectivity index (χ3v) is 10.0. The lowest BCUT2D eigenvalue weighted by molar-refractivity contribution is -0.137.